The van der Waals surface area contributed by atoms with Gasteiger partial charge in [-0.05, 0) is 22.4 Å². The average molecular weight is 390 g/mol. The summed E-state index contributed by atoms with van der Waals surface area (Å²) in [5.41, 5.74) is 0.884. The van der Waals surface area contributed by atoms with Gasteiger partial charge < -0.3 is 4.74 Å². The van der Waals surface area contributed by atoms with Crippen molar-refractivity contribution in [1.29, 1.82) is 0 Å². The molecule has 2 aromatic rings. The normalized spacial score (nSPS) is 10.0. The summed E-state index contributed by atoms with van der Waals surface area (Å²) in [6.45, 7) is 1.03. The molecule has 0 unspecified atom stereocenters. The second-order valence-electron chi connectivity index (χ2n) is 4.16. The third kappa shape index (κ3) is 5.22. The van der Waals surface area contributed by atoms with Crippen molar-refractivity contribution >= 4 is 22.1 Å². The topological polar surface area (TPSA) is 74.1 Å². The van der Waals surface area contributed by atoms with Crippen molar-refractivity contribution in [2.24, 2.45) is 0 Å². The van der Waals surface area contributed by atoms with Gasteiger partial charge in [0.1, 0.15) is 5.82 Å². The van der Waals surface area contributed by atoms with Crippen LogP contribution in [0.15, 0.2) is 22.9 Å². The Kier molecular flexibility index (Phi) is 7.50. The Labute approximate surface area is 139 Å². The Bertz CT molecular complexity index is 686. The first-order valence-electron chi connectivity index (χ1n) is 6.63. The molecule has 0 spiro atoms. The van der Waals surface area contributed by atoms with Crippen LogP contribution in [-0.4, -0.2) is 27.3 Å². The molecule has 2 rings (SSSR count). The van der Waals surface area contributed by atoms with Crippen LogP contribution in [0.3, 0.4) is 0 Å². The summed E-state index contributed by atoms with van der Waals surface area (Å²) in [5, 5.41) is 0. The molecular weight excluding hydrogens is 376 g/mol. The van der Waals surface area contributed by atoms with E-state index in [9.17, 15) is 8.78 Å². The molecule has 0 N–H and O–H groups in total. The fourth-order valence-corrected chi connectivity index (χ4v) is 2.16. The number of aromatic nitrogens is 3. The molecule has 0 bridgehead atoms. The lowest BCUT2D eigenvalue weighted by Crippen LogP contribution is -2.09. The van der Waals surface area contributed by atoms with Crippen LogP contribution >= 0.6 is 15.9 Å². The zero-order chi connectivity index (χ0) is 17.4. The second-order valence-corrected chi connectivity index (χ2v) is 5.08. The van der Waals surface area contributed by atoms with Gasteiger partial charge in [0.15, 0.2) is 11.6 Å². The van der Waals surface area contributed by atoms with Crippen LogP contribution in [0.25, 0.3) is 5.82 Å². The summed E-state index contributed by atoms with van der Waals surface area (Å²) >= 11 is 3.20. The fourth-order valence-electron chi connectivity index (χ4n) is 1.85. The number of ether oxygens (including phenoxy) is 1. The highest BCUT2D eigenvalue weighted by atomic mass is 79.9. The molecule has 6 nitrogen and oxygen atoms in total. The van der Waals surface area contributed by atoms with E-state index in [1.807, 2.05) is 13.8 Å². The van der Waals surface area contributed by atoms with Crippen LogP contribution in [-0.2, 0) is 22.4 Å². The predicted octanol–water partition coefficient (Wildman–Crippen LogP) is 3.17. The van der Waals surface area contributed by atoms with E-state index < -0.39 is 6.61 Å². The fraction of sp³-hybridized carbons (Fsp3) is 0.357. The predicted molar refractivity (Wildman–Crippen MR) is 79.5 cm³/mol. The first-order chi connectivity index (χ1) is 11.0. The van der Waals surface area contributed by atoms with Crippen LogP contribution in [0.5, 0.6) is 5.75 Å². The van der Waals surface area contributed by atoms with Crippen LogP contribution in [0.1, 0.15) is 25.4 Å². The van der Waals surface area contributed by atoms with Crippen molar-refractivity contribution in [3.63, 3.8) is 0 Å². The van der Waals surface area contributed by atoms with Crippen LogP contribution < -0.4 is 4.74 Å². The Morgan fingerprint density at radius 1 is 1.35 bits per heavy atom. The van der Waals surface area contributed by atoms with E-state index in [1.54, 1.807) is 17.0 Å². The number of carbonyl (C=O) groups excluding carboxylic acids is 2. The minimum absolute atomic E-state index is 0.0177. The molecule has 2 heterocycles. The quantitative estimate of drug-likeness (QED) is 0.784. The van der Waals surface area contributed by atoms with Crippen molar-refractivity contribution in [2.45, 2.75) is 33.3 Å². The number of imidazole rings is 1. The molecule has 0 amide bonds. The number of nitrogens with zero attached hydrogens (tertiary/aromatic N) is 3. The summed E-state index contributed by atoms with van der Waals surface area (Å²) in [6, 6.07) is 1.47. The lowest BCUT2D eigenvalue weighted by Gasteiger charge is -2.12. The van der Waals surface area contributed by atoms with E-state index in [4.69, 9.17) is 9.59 Å². The molecule has 23 heavy (non-hydrogen) atoms. The number of pyridine rings is 1. The third-order valence-electron chi connectivity index (χ3n) is 2.75. The Morgan fingerprint density at radius 3 is 2.52 bits per heavy atom. The third-order valence-corrected chi connectivity index (χ3v) is 3.18. The van der Waals surface area contributed by atoms with Gasteiger partial charge in [-0.15, -0.1) is 0 Å². The van der Waals surface area contributed by atoms with E-state index in [2.05, 4.69) is 30.6 Å². The van der Waals surface area contributed by atoms with Gasteiger partial charge in [-0.2, -0.15) is 18.4 Å². The highest BCUT2D eigenvalue weighted by Crippen LogP contribution is 2.27. The number of hydrogen-bond donors (Lipinski definition) is 0. The zero-order valence-electron chi connectivity index (χ0n) is 12.4. The van der Waals surface area contributed by atoms with Crippen molar-refractivity contribution in [3.8, 4) is 11.6 Å². The van der Waals surface area contributed by atoms with Crippen molar-refractivity contribution < 1.29 is 23.1 Å². The first-order valence-corrected chi connectivity index (χ1v) is 7.43. The average Bonchev–Trinajstić information content (AvgIpc) is 2.91. The molecule has 2 aromatic heterocycles. The van der Waals surface area contributed by atoms with Gasteiger partial charge >= 0.3 is 12.8 Å². The number of aryl methyl sites for hydroxylation is 2. The Morgan fingerprint density at radius 2 is 2.00 bits per heavy atom. The highest BCUT2D eigenvalue weighted by Gasteiger charge is 2.16. The molecule has 0 radical (unpaired) electrons. The Hall–Kier alpha value is -2.12. The SMILES string of the molecule is CCc1cn(-c2ncc(Br)cc2OC(F)F)c(CC)n1.O=C=O. The van der Waals surface area contributed by atoms with Gasteiger partial charge in [-0.25, -0.2) is 9.97 Å². The number of alkyl halides is 2. The summed E-state index contributed by atoms with van der Waals surface area (Å²) in [6.07, 6.45) is 5.03. The molecule has 0 saturated carbocycles. The number of rotatable bonds is 5. The van der Waals surface area contributed by atoms with Crippen LogP contribution in [0.2, 0.25) is 0 Å². The smallest absolute Gasteiger partial charge is 0.387 e. The summed E-state index contributed by atoms with van der Waals surface area (Å²) in [7, 11) is 0. The molecular formula is C14H14BrF2N3O3. The van der Waals surface area contributed by atoms with Gasteiger partial charge in [0, 0.05) is 29.4 Å². The molecule has 0 aliphatic heterocycles. The van der Waals surface area contributed by atoms with E-state index in [1.165, 1.54) is 6.07 Å². The number of hydrogen-bond acceptors (Lipinski definition) is 5. The Balaban J connectivity index is 0.000000816. The molecule has 0 saturated heterocycles. The minimum Gasteiger partial charge on any atom is -0.431 e. The monoisotopic (exact) mass is 389 g/mol. The molecule has 0 fully saturated rings. The second kappa shape index (κ2) is 9.12. The maximum Gasteiger partial charge on any atom is 0.387 e. The minimum atomic E-state index is -2.90. The molecule has 0 aliphatic carbocycles. The van der Waals surface area contributed by atoms with Gasteiger partial charge in [0.25, 0.3) is 0 Å². The van der Waals surface area contributed by atoms with Gasteiger partial charge in [0.05, 0.1) is 5.69 Å². The maximum atomic E-state index is 12.5. The van der Waals surface area contributed by atoms with Crippen molar-refractivity contribution in [2.75, 3.05) is 0 Å². The van der Waals surface area contributed by atoms with Gasteiger partial charge in [-0.3, -0.25) is 4.57 Å². The number of halogens is 3. The van der Waals surface area contributed by atoms with Gasteiger partial charge in [0.2, 0.25) is 0 Å². The molecule has 0 atom stereocenters. The summed E-state index contributed by atoms with van der Waals surface area (Å²) in [4.78, 5) is 24.9. The van der Waals surface area contributed by atoms with E-state index in [-0.39, 0.29) is 11.9 Å². The first kappa shape index (κ1) is 18.9. The zero-order valence-corrected chi connectivity index (χ0v) is 14.0. The van der Waals surface area contributed by atoms with E-state index >= 15 is 0 Å². The standard InChI is InChI=1S/C13H14BrF2N3O.CO2/c1-3-9-7-19(11(4-2)18-9)12-10(20-13(15)16)5-8(14)6-17-12;2-1-3/h5-7,13H,3-4H2,1-2H3;. The highest BCUT2D eigenvalue weighted by molar-refractivity contribution is 9.10. The lowest BCUT2D eigenvalue weighted by atomic mass is 10.4. The van der Waals surface area contributed by atoms with Gasteiger partial charge in [-0.1, -0.05) is 13.8 Å². The largest absolute Gasteiger partial charge is 0.431 e. The van der Waals surface area contributed by atoms with Crippen LogP contribution in [0.4, 0.5) is 8.78 Å². The molecule has 124 valence electrons. The molecule has 9 heteroatoms. The molecule has 0 aromatic carbocycles. The van der Waals surface area contributed by atoms with Crippen LogP contribution in [0, 0.1) is 0 Å². The maximum absolute atomic E-state index is 12.5. The van der Waals surface area contributed by atoms with Crippen molar-refractivity contribution in [3.05, 3.63) is 34.5 Å². The van der Waals surface area contributed by atoms with E-state index in [0.717, 1.165) is 17.9 Å². The lowest BCUT2D eigenvalue weighted by molar-refractivity contribution is -0.191. The van der Waals surface area contributed by atoms with Crippen molar-refractivity contribution in [1.82, 2.24) is 14.5 Å². The summed E-state index contributed by atoms with van der Waals surface area (Å²) in [5.74, 6) is 1.09. The van der Waals surface area contributed by atoms with E-state index in [0.29, 0.717) is 16.7 Å². The molecule has 0 aliphatic rings. The summed E-state index contributed by atoms with van der Waals surface area (Å²) < 4.78 is 31.8.